The number of halogens is 1. The number of anilines is 2. The van der Waals surface area contributed by atoms with Gasteiger partial charge in [0, 0.05) is 18.8 Å². The largest absolute Gasteiger partial charge is 0.399 e. The van der Waals surface area contributed by atoms with E-state index in [-0.39, 0.29) is 24.9 Å². The van der Waals surface area contributed by atoms with Gasteiger partial charge in [-0.3, -0.25) is 14.5 Å². The fourth-order valence-corrected chi connectivity index (χ4v) is 2.02. The molecule has 1 aliphatic rings. The Labute approximate surface area is 115 Å². The molecule has 0 spiro atoms. The van der Waals surface area contributed by atoms with E-state index in [9.17, 15) is 9.59 Å². The van der Waals surface area contributed by atoms with E-state index < -0.39 is 0 Å². The van der Waals surface area contributed by atoms with Crippen molar-refractivity contribution >= 4 is 34.8 Å². The first-order chi connectivity index (χ1) is 9.04. The molecule has 4 N–H and O–H groups in total. The van der Waals surface area contributed by atoms with E-state index in [4.69, 9.17) is 17.3 Å². The second-order valence-corrected chi connectivity index (χ2v) is 4.76. The number of carbonyl (C=O) groups is 2. The van der Waals surface area contributed by atoms with E-state index in [1.807, 2.05) is 0 Å². The van der Waals surface area contributed by atoms with Crippen LogP contribution in [0.2, 0.25) is 5.02 Å². The van der Waals surface area contributed by atoms with E-state index in [0.29, 0.717) is 29.5 Å². The number of hydrogen-bond donors (Lipinski definition) is 3. The Morgan fingerprint density at radius 1 is 1.53 bits per heavy atom. The molecular formula is C12H15ClN4O2. The second-order valence-electron chi connectivity index (χ2n) is 4.35. The minimum Gasteiger partial charge on any atom is -0.399 e. The van der Waals surface area contributed by atoms with Crippen LogP contribution < -0.4 is 16.4 Å². The Hall–Kier alpha value is -1.79. The molecule has 1 saturated heterocycles. The van der Waals surface area contributed by atoms with Gasteiger partial charge in [-0.2, -0.15) is 0 Å². The first kappa shape index (κ1) is 13.6. The molecule has 1 heterocycles. The summed E-state index contributed by atoms with van der Waals surface area (Å²) in [6.45, 7) is 1.60. The van der Waals surface area contributed by atoms with Gasteiger partial charge in [0.2, 0.25) is 11.8 Å². The molecule has 1 aromatic rings. The van der Waals surface area contributed by atoms with Crippen LogP contribution in [0.15, 0.2) is 18.2 Å². The third-order valence-corrected chi connectivity index (χ3v) is 3.08. The number of benzene rings is 1. The predicted octanol–water partition coefficient (Wildman–Crippen LogP) is 0.292. The molecule has 2 amide bonds. The minimum absolute atomic E-state index is 0.0685. The predicted molar refractivity (Wildman–Crippen MR) is 73.9 cm³/mol. The average molecular weight is 283 g/mol. The Bertz CT molecular complexity index is 507. The first-order valence-corrected chi connectivity index (χ1v) is 6.26. The Morgan fingerprint density at radius 2 is 2.32 bits per heavy atom. The van der Waals surface area contributed by atoms with Gasteiger partial charge in [-0.1, -0.05) is 11.6 Å². The van der Waals surface area contributed by atoms with Crippen LogP contribution >= 0.6 is 11.6 Å². The summed E-state index contributed by atoms with van der Waals surface area (Å²) < 4.78 is 0. The van der Waals surface area contributed by atoms with Crippen LogP contribution in [0.3, 0.4) is 0 Å². The number of nitrogens with two attached hydrogens (primary N) is 1. The van der Waals surface area contributed by atoms with Gasteiger partial charge >= 0.3 is 0 Å². The van der Waals surface area contributed by atoms with Crippen molar-refractivity contribution in [2.75, 3.05) is 37.2 Å². The molecule has 19 heavy (non-hydrogen) atoms. The lowest BCUT2D eigenvalue weighted by molar-refractivity contribution is -0.125. The summed E-state index contributed by atoms with van der Waals surface area (Å²) in [4.78, 5) is 24.8. The van der Waals surface area contributed by atoms with Gasteiger partial charge in [0.25, 0.3) is 0 Å². The molecular weight excluding hydrogens is 268 g/mol. The number of carbonyl (C=O) groups excluding carboxylic acids is 2. The molecule has 6 nitrogen and oxygen atoms in total. The summed E-state index contributed by atoms with van der Waals surface area (Å²) in [5.74, 6) is -0.289. The molecule has 0 saturated carbocycles. The number of amides is 2. The number of nitrogens with zero attached hydrogens (tertiary/aromatic N) is 1. The molecule has 0 radical (unpaired) electrons. The maximum absolute atomic E-state index is 11.9. The molecule has 7 heteroatoms. The van der Waals surface area contributed by atoms with Crippen LogP contribution in [0.1, 0.15) is 0 Å². The van der Waals surface area contributed by atoms with E-state index in [0.717, 1.165) is 0 Å². The molecule has 1 fully saturated rings. The normalized spacial score (nSPS) is 15.9. The van der Waals surface area contributed by atoms with Crippen molar-refractivity contribution in [2.45, 2.75) is 0 Å². The monoisotopic (exact) mass is 282 g/mol. The molecule has 1 aromatic carbocycles. The van der Waals surface area contributed by atoms with Crippen molar-refractivity contribution in [3.63, 3.8) is 0 Å². The van der Waals surface area contributed by atoms with E-state index in [2.05, 4.69) is 10.6 Å². The van der Waals surface area contributed by atoms with E-state index in [1.54, 1.807) is 23.1 Å². The van der Waals surface area contributed by atoms with E-state index >= 15 is 0 Å². The summed E-state index contributed by atoms with van der Waals surface area (Å²) in [5.41, 5.74) is 6.64. The SMILES string of the molecule is Nc1ccc(Cl)c(NC(=O)CN2CCNC(=O)C2)c1. The van der Waals surface area contributed by atoms with Crippen LogP contribution in [0.4, 0.5) is 11.4 Å². The van der Waals surface area contributed by atoms with Gasteiger partial charge in [0.1, 0.15) is 0 Å². The van der Waals surface area contributed by atoms with Gasteiger partial charge < -0.3 is 16.4 Å². The van der Waals surface area contributed by atoms with Crippen molar-refractivity contribution in [1.82, 2.24) is 10.2 Å². The smallest absolute Gasteiger partial charge is 0.238 e. The quantitative estimate of drug-likeness (QED) is 0.696. The van der Waals surface area contributed by atoms with Crippen molar-refractivity contribution < 1.29 is 9.59 Å². The van der Waals surface area contributed by atoms with Gasteiger partial charge in [-0.05, 0) is 18.2 Å². The number of nitrogens with one attached hydrogen (secondary N) is 2. The molecule has 0 aromatic heterocycles. The lowest BCUT2D eigenvalue weighted by Gasteiger charge is -2.25. The van der Waals surface area contributed by atoms with Crippen molar-refractivity contribution in [3.05, 3.63) is 23.2 Å². The molecule has 0 aliphatic carbocycles. The highest BCUT2D eigenvalue weighted by molar-refractivity contribution is 6.33. The molecule has 0 bridgehead atoms. The summed E-state index contributed by atoms with van der Waals surface area (Å²) >= 11 is 5.96. The zero-order valence-corrected chi connectivity index (χ0v) is 11.0. The van der Waals surface area contributed by atoms with Crippen LogP contribution in [0.5, 0.6) is 0 Å². The zero-order chi connectivity index (χ0) is 13.8. The summed E-state index contributed by atoms with van der Waals surface area (Å²) in [5, 5.41) is 5.82. The Balaban J connectivity index is 1.93. The van der Waals surface area contributed by atoms with Crippen LogP contribution in [-0.4, -0.2) is 42.9 Å². The maximum atomic E-state index is 11.9. The summed E-state index contributed by atoms with van der Waals surface area (Å²) in [6, 6.07) is 4.89. The van der Waals surface area contributed by atoms with Gasteiger partial charge in [0.15, 0.2) is 0 Å². The second kappa shape index (κ2) is 5.90. The van der Waals surface area contributed by atoms with Gasteiger partial charge in [0.05, 0.1) is 23.8 Å². The lowest BCUT2D eigenvalue weighted by atomic mass is 10.2. The fourth-order valence-electron chi connectivity index (χ4n) is 1.86. The van der Waals surface area contributed by atoms with E-state index in [1.165, 1.54) is 0 Å². The van der Waals surface area contributed by atoms with Crippen molar-refractivity contribution in [3.8, 4) is 0 Å². The highest BCUT2D eigenvalue weighted by Crippen LogP contribution is 2.23. The summed E-state index contributed by atoms with van der Waals surface area (Å²) in [7, 11) is 0. The third kappa shape index (κ3) is 3.84. The van der Waals surface area contributed by atoms with Gasteiger partial charge in [-0.15, -0.1) is 0 Å². The number of hydrogen-bond acceptors (Lipinski definition) is 4. The Morgan fingerprint density at radius 3 is 3.05 bits per heavy atom. The number of piperazine rings is 1. The molecule has 102 valence electrons. The molecule has 2 rings (SSSR count). The highest BCUT2D eigenvalue weighted by atomic mass is 35.5. The van der Waals surface area contributed by atoms with Crippen molar-refractivity contribution in [1.29, 1.82) is 0 Å². The van der Waals surface area contributed by atoms with Crippen LogP contribution in [0, 0.1) is 0 Å². The first-order valence-electron chi connectivity index (χ1n) is 5.88. The zero-order valence-electron chi connectivity index (χ0n) is 10.3. The number of rotatable bonds is 3. The third-order valence-electron chi connectivity index (χ3n) is 2.75. The Kier molecular flexibility index (Phi) is 4.24. The number of nitrogen functional groups attached to an aromatic ring is 1. The highest BCUT2D eigenvalue weighted by Gasteiger charge is 2.18. The molecule has 0 atom stereocenters. The van der Waals surface area contributed by atoms with Crippen LogP contribution in [0.25, 0.3) is 0 Å². The molecule has 1 aliphatic heterocycles. The average Bonchev–Trinajstić information content (AvgIpc) is 2.34. The van der Waals surface area contributed by atoms with Crippen LogP contribution in [-0.2, 0) is 9.59 Å². The standard InChI is InChI=1S/C12H15ClN4O2/c13-9-2-1-8(14)5-10(9)16-12(19)7-17-4-3-15-11(18)6-17/h1-2,5H,3-4,6-7,14H2,(H,15,18)(H,16,19). The topological polar surface area (TPSA) is 87.5 Å². The van der Waals surface area contributed by atoms with Gasteiger partial charge in [-0.25, -0.2) is 0 Å². The molecule has 0 unspecified atom stereocenters. The maximum Gasteiger partial charge on any atom is 0.238 e. The summed E-state index contributed by atoms with van der Waals surface area (Å²) in [6.07, 6.45) is 0. The van der Waals surface area contributed by atoms with Crippen molar-refractivity contribution in [2.24, 2.45) is 0 Å². The fraction of sp³-hybridized carbons (Fsp3) is 0.333. The lowest BCUT2D eigenvalue weighted by Crippen LogP contribution is -2.49. The minimum atomic E-state index is -0.220.